The number of hydrogen-bond donors (Lipinski definition) is 2. The van der Waals surface area contributed by atoms with Crippen molar-refractivity contribution in [2.45, 2.75) is 44.7 Å². The molecule has 1 aliphatic heterocycles. The number of aromatic nitrogens is 4. The van der Waals surface area contributed by atoms with Crippen molar-refractivity contribution in [1.82, 2.24) is 25.3 Å². The Morgan fingerprint density at radius 3 is 2.47 bits per heavy atom. The molecule has 9 heteroatoms. The molecule has 4 heterocycles. The highest BCUT2D eigenvalue weighted by Crippen LogP contribution is 2.45. The number of nitrogens with zero attached hydrogens (tertiary/aromatic N) is 5. The van der Waals surface area contributed by atoms with Gasteiger partial charge in [-0.1, -0.05) is 6.07 Å². The van der Waals surface area contributed by atoms with Crippen molar-refractivity contribution in [2.24, 2.45) is 0 Å². The first-order chi connectivity index (χ1) is 17.5. The van der Waals surface area contributed by atoms with Gasteiger partial charge < -0.3 is 15.5 Å². The van der Waals surface area contributed by atoms with E-state index in [0.717, 1.165) is 42.7 Å². The number of halogens is 2. The highest BCUT2D eigenvalue weighted by Gasteiger charge is 2.31. The fourth-order valence-electron chi connectivity index (χ4n) is 5.03. The first kappa shape index (κ1) is 22.7. The normalized spacial score (nSPS) is 20.1. The summed E-state index contributed by atoms with van der Waals surface area (Å²) in [7, 11) is 0. The smallest absolute Gasteiger partial charge is 0.162 e. The third-order valence-corrected chi connectivity index (χ3v) is 6.73. The van der Waals surface area contributed by atoms with Crippen LogP contribution in [0, 0.1) is 11.6 Å². The van der Waals surface area contributed by atoms with Gasteiger partial charge in [0.05, 0.1) is 11.7 Å². The van der Waals surface area contributed by atoms with Gasteiger partial charge in [-0.05, 0) is 62.4 Å². The minimum absolute atomic E-state index is 0.246. The highest BCUT2D eigenvalue weighted by molar-refractivity contribution is 5.94. The zero-order valence-corrected chi connectivity index (χ0v) is 20.2. The van der Waals surface area contributed by atoms with Crippen LogP contribution >= 0.6 is 0 Å². The molecule has 4 aromatic rings. The molecule has 0 amide bonds. The lowest BCUT2D eigenvalue weighted by molar-refractivity contribution is 0.406. The fourth-order valence-corrected chi connectivity index (χ4v) is 5.03. The zero-order chi connectivity index (χ0) is 24.8. The van der Waals surface area contributed by atoms with Crippen molar-refractivity contribution in [1.29, 1.82) is 0 Å². The molecule has 36 heavy (non-hydrogen) atoms. The number of hydrogen-bond acceptors (Lipinski definition) is 7. The molecule has 1 saturated carbocycles. The molecular formula is C27H27F2N7. The van der Waals surface area contributed by atoms with E-state index < -0.39 is 11.6 Å². The van der Waals surface area contributed by atoms with E-state index >= 15 is 0 Å². The number of piperazine rings is 1. The Hall–Kier alpha value is -3.72. The van der Waals surface area contributed by atoms with E-state index in [1.165, 1.54) is 23.8 Å². The molecule has 1 saturated heterocycles. The van der Waals surface area contributed by atoms with E-state index in [1.54, 1.807) is 24.5 Å². The Kier molecular flexibility index (Phi) is 5.72. The van der Waals surface area contributed by atoms with Gasteiger partial charge in [0, 0.05) is 48.5 Å². The summed E-state index contributed by atoms with van der Waals surface area (Å²) in [5.41, 5.74) is 2.45. The predicted octanol–water partition coefficient (Wildman–Crippen LogP) is 5.17. The number of fused-ring (bicyclic) bond motifs is 1. The number of anilines is 3. The molecule has 3 aromatic heterocycles. The first-order valence-corrected chi connectivity index (χ1v) is 12.3. The molecule has 184 valence electrons. The lowest BCUT2D eigenvalue weighted by Gasteiger charge is -2.37. The summed E-state index contributed by atoms with van der Waals surface area (Å²) < 4.78 is 28.4. The second-order valence-electron chi connectivity index (χ2n) is 9.79. The molecule has 7 nitrogen and oxygen atoms in total. The molecule has 1 aromatic carbocycles. The first-order valence-electron chi connectivity index (χ1n) is 12.3. The average Bonchev–Trinajstić information content (AvgIpc) is 3.70. The number of benzene rings is 1. The standard InChI is InChI=1S/C27H27F2N7/c1-15-13-36(14-16(2)32-15)27-24-19(17-6-7-17)11-30-12-22(24)33-26(35-27)18-8-9-31-23(10-18)34-25-20(28)4-3-5-21(25)29/h3-5,8-12,15-17,32H,6-7,13-14H2,1-2H3,(H,31,34). The van der Waals surface area contributed by atoms with Gasteiger partial charge in [0.15, 0.2) is 5.82 Å². The predicted molar refractivity (Wildman–Crippen MR) is 136 cm³/mol. The van der Waals surface area contributed by atoms with E-state index in [1.807, 2.05) is 6.20 Å². The van der Waals surface area contributed by atoms with Gasteiger partial charge in [0.2, 0.25) is 0 Å². The van der Waals surface area contributed by atoms with Crippen LogP contribution in [0.3, 0.4) is 0 Å². The van der Waals surface area contributed by atoms with Gasteiger partial charge >= 0.3 is 0 Å². The van der Waals surface area contributed by atoms with Crippen molar-refractivity contribution in [3.05, 3.63) is 66.1 Å². The second kappa shape index (κ2) is 9.05. The van der Waals surface area contributed by atoms with E-state index in [9.17, 15) is 8.78 Å². The van der Waals surface area contributed by atoms with Gasteiger partial charge in [0.1, 0.15) is 29.0 Å². The van der Waals surface area contributed by atoms with Crippen LogP contribution in [-0.4, -0.2) is 45.1 Å². The molecule has 1 aliphatic carbocycles. The fraction of sp³-hybridized carbons (Fsp3) is 0.333. The van der Waals surface area contributed by atoms with E-state index in [-0.39, 0.29) is 5.69 Å². The third kappa shape index (κ3) is 4.35. The summed E-state index contributed by atoms with van der Waals surface area (Å²) >= 11 is 0. The topological polar surface area (TPSA) is 78.9 Å². The van der Waals surface area contributed by atoms with Gasteiger partial charge in [-0.15, -0.1) is 0 Å². The number of nitrogens with one attached hydrogen (secondary N) is 2. The second-order valence-corrected chi connectivity index (χ2v) is 9.79. The largest absolute Gasteiger partial charge is 0.353 e. The average molecular weight is 488 g/mol. The lowest BCUT2D eigenvalue weighted by Crippen LogP contribution is -2.54. The van der Waals surface area contributed by atoms with Crippen LogP contribution in [0.2, 0.25) is 0 Å². The lowest BCUT2D eigenvalue weighted by atomic mass is 10.1. The van der Waals surface area contributed by atoms with Crippen molar-refractivity contribution >= 4 is 28.2 Å². The van der Waals surface area contributed by atoms with Crippen LogP contribution < -0.4 is 15.5 Å². The summed E-state index contributed by atoms with van der Waals surface area (Å²) in [4.78, 5) is 21.0. The molecule has 2 aliphatic rings. The molecule has 2 unspecified atom stereocenters. The summed E-state index contributed by atoms with van der Waals surface area (Å²) in [6.07, 6.45) is 7.64. The van der Waals surface area contributed by atoms with Crippen LogP contribution in [0.5, 0.6) is 0 Å². The minimum Gasteiger partial charge on any atom is -0.353 e. The van der Waals surface area contributed by atoms with Gasteiger partial charge in [0.25, 0.3) is 0 Å². The maximum atomic E-state index is 14.2. The Morgan fingerprint density at radius 1 is 1.00 bits per heavy atom. The van der Waals surface area contributed by atoms with Crippen molar-refractivity contribution in [3.63, 3.8) is 0 Å². The minimum atomic E-state index is -0.688. The molecule has 0 spiro atoms. The van der Waals surface area contributed by atoms with Crippen molar-refractivity contribution < 1.29 is 8.78 Å². The zero-order valence-electron chi connectivity index (χ0n) is 20.2. The maximum absolute atomic E-state index is 14.2. The quantitative estimate of drug-likeness (QED) is 0.402. The third-order valence-electron chi connectivity index (χ3n) is 6.73. The molecule has 0 radical (unpaired) electrons. The van der Waals surface area contributed by atoms with Gasteiger partial charge in [-0.25, -0.2) is 23.7 Å². The molecule has 0 bridgehead atoms. The Balaban J connectivity index is 1.45. The summed E-state index contributed by atoms with van der Waals surface area (Å²) in [5.74, 6) is 0.853. The molecule has 2 fully saturated rings. The van der Waals surface area contributed by atoms with Crippen LogP contribution in [0.15, 0.2) is 48.9 Å². The molecule has 2 N–H and O–H groups in total. The summed E-state index contributed by atoms with van der Waals surface area (Å²) in [6.45, 7) is 6.02. The monoisotopic (exact) mass is 487 g/mol. The Bertz CT molecular complexity index is 1410. The van der Waals surface area contributed by atoms with E-state index in [0.29, 0.717) is 35.2 Å². The molecular weight excluding hydrogens is 460 g/mol. The SMILES string of the molecule is CC1CN(c2nc(-c3ccnc(Nc4c(F)cccc4F)c3)nc3cncc(C4CC4)c23)CC(C)N1. The number of rotatable bonds is 5. The van der Waals surface area contributed by atoms with Crippen molar-refractivity contribution in [2.75, 3.05) is 23.3 Å². The van der Waals surface area contributed by atoms with Crippen LogP contribution in [-0.2, 0) is 0 Å². The van der Waals surface area contributed by atoms with Gasteiger partial charge in [-0.3, -0.25) is 4.98 Å². The van der Waals surface area contributed by atoms with E-state index in [2.05, 4.69) is 39.3 Å². The van der Waals surface area contributed by atoms with Crippen molar-refractivity contribution in [3.8, 4) is 11.4 Å². The summed E-state index contributed by atoms with van der Waals surface area (Å²) in [5, 5.41) is 7.42. The highest BCUT2D eigenvalue weighted by atomic mass is 19.1. The van der Waals surface area contributed by atoms with Crippen LogP contribution in [0.1, 0.15) is 38.2 Å². The number of para-hydroxylation sites is 1. The molecule has 6 rings (SSSR count). The summed E-state index contributed by atoms with van der Waals surface area (Å²) in [6, 6.07) is 7.88. The Morgan fingerprint density at radius 2 is 1.75 bits per heavy atom. The van der Waals surface area contributed by atoms with Crippen LogP contribution in [0.4, 0.5) is 26.1 Å². The van der Waals surface area contributed by atoms with E-state index in [4.69, 9.17) is 9.97 Å². The van der Waals surface area contributed by atoms with Crippen LogP contribution in [0.25, 0.3) is 22.3 Å². The Labute approximate surface area is 208 Å². The maximum Gasteiger partial charge on any atom is 0.162 e. The molecule has 2 atom stereocenters. The number of pyridine rings is 2. The van der Waals surface area contributed by atoms with Gasteiger partial charge in [-0.2, -0.15) is 0 Å².